The number of aliphatic carboxylic acids is 1. The number of carbonyl (C=O) groups excluding carboxylic acids is 3. The van der Waals surface area contributed by atoms with Crippen LogP contribution in [-0.4, -0.2) is 50.8 Å². The minimum Gasteiger partial charge on any atom is -0.481 e. The Hall–Kier alpha value is -1.86. The fraction of sp³-hybridized carbons (Fsp3) is 0.824. The molecule has 0 aliphatic heterocycles. The average molecular weight is 573 g/mol. The number of fused-ring (bicyclic) bond motifs is 2. The highest BCUT2D eigenvalue weighted by molar-refractivity contribution is 6.06. The molecule has 7 heteroatoms. The van der Waals surface area contributed by atoms with Gasteiger partial charge in [0.1, 0.15) is 11.6 Å². The predicted molar refractivity (Wildman–Crippen MR) is 156 cm³/mol. The zero-order chi connectivity index (χ0) is 30.7. The van der Waals surface area contributed by atoms with Crippen molar-refractivity contribution >= 4 is 23.3 Å². The van der Waals surface area contributed by atoms with Gasteiger partial charge in [0.15, 0.2) is 5.78 Å². The summed E-state index contributed by atoms with van der Waals surface area (Å²) in [6, 6.07) is 0. The lowest BCUT2D eigenvalue weighted by atomic mass is 9.35. The monoisotopic (exact) mass is 572 g/mol. The van der Waals surface area contributed by atoms with Crippen LogP contribution in [0, 0.1) is 45.3 Å². The van der Waals surface area contributed by atoms with Gasteiger partial charge < -0.3 is 15.3 Å². The van der Waals surface area contributed by atoms with Crippen molar-refractivity contribution in [2.45, 2.75) is 131 Å². The SMILES string of the molecule is CC.CC[C@@]1(C)C(=O)CCCC[C@]2(C)C3=C4[C@H](CC12)C[C@]41C(=O)CC([C@@H](O)C[C@H](O)CC(C)C(=O)O)C1(C)CC3=O. The Morgan fingerprint density at radius 2 is 1.68 bits per heavy atom. The first-order chi connectivity index (χ1) is 19.2. The van der Waals surface area contributed by atoms with Crippen LogP contribution >= 0.6 is 0 Å². The van der Waals surface area contributed by atoms with E-state index in [2.05, 4.69) is 20.8 Å². The van der Waals surface area contributed by atoms with E-state index in [0.29, 0.717) is 18.6 Å². The lowest BCUT2D eigenvalue weighted by Crippen LogP contribution is -2.64. The predicted octanol–water partition coefficient (Wildman–Crippen LogP) is 5.69. The number of hydrogen-bond acceptors (Lipinski definition) is 6. The second-order valence-corrected chi connectivity index (χ2v) is 14.4. The number of Topliss-reactive ketones (excluding diaryl/α,β-unsaturated/α-hetero) is 3. The van der Waals surface area contributed by atoms with E-state index in [1.54, 1.807) is 0 Å². The van der Waals surface area contributed by atoms with Crippen LogP contribution < -0.4 is 0 Å². The van der Waals surface area contributed by atoms with Gasteiger partial charge in [0.25, 0.3) is 0 Å². The molecule has 0 bridgehead atoms. The van der Waals surface area contributed by atoms with Crippen LogP contribution in [0.1, 0.15) is 119 Å². The molecule has 4 unspecified atom stereocenters. The van der Waals surface area contributed by atoms with Gasteiger partial charge in [-0.2, -0.15) is 0 Å². The zero-order valence-electron chi connectivity index (χ0n) is 26.2. The van der Waals surface area contributed by atoms with Gasteiger partial charge in [-0.3, -0.25) is 19.2 Å². The maximum absolute atomic E-state index is 14.2. The van der Waals surface area contributed by atoms with Crippen molar-refractivity contribution in [3.8, 4) is 0 Å². The van der Waals surface area contributed by atoms with Crippen molar-refractivity contribution in [3.05, 3.63) is 11.1 Å². The van der Waals surface area contributed by atoms with E-state index in [-0.39, 0.29) is 49.1 Å². The van der Waals surface area contributed by atoms with Crippen molar-refractivity contribution in [2.75, 3.05) is 0 Å². The van der Waals surface area contributed by atoms with Crippen molar-refractivity contribution in [2.24, 2.45) is 45.3 Å². The highest BCUT2D eigenvalue weighted by atomic mass is 16.4. The molecule has 5 aliphatic carbocycles. The lowest BCUT2D eigenvalue weighted by molar-refractivity contribution is -0.153. The summed E-state index contributed by atoms with van der Waals surface area (Å²) in [5.74, 6) is -1.55. The second kappa shape index (κ2) is 11.0. The van der Waals surface area contributed by atoms with Crippen LogP contribution in [0.2, 0.25) is 0 Å². The average Bonchev–Trinajstić information content (AvgIpc) is 3.14. The van der Waals surface area contributed by atoms with Crippen LogP contribution in [0.5, 0.6) is 0 Å². The Morgan fingerprint density at radius 3 is 2.29 bits per heavy atom. The molecule has 5 aliphatic rings. The number of carboxylic acid groups (broad SMARTS) is 1. The van der Waals surface area contributed by atoms with Crippen LogP contribution in [-0.2, 0) is 19.2 Å². The number of carboxylic acids is 1. The first-order valence-corrected chi connectivity index (χ1v) is 16.1. The molecule has 10 atom stereocenters. The quantitative estimate of drug-likeness (QED) is 0.357. The van der Waals surface area contributed by atoms with E-state index in [1.165, 1.54) is 6.92 Å². The second-order valence-electron chi connectivity index (χ2n) is 14.4. The summed E-state index contributed by atoms with van der Waals surface area (Å²) >= 11 is 0. The van der Waals surface area contributed by atoms with E-state index in [4.69, 9.17) is 0 Å². The minimum atomic E-state index is -1.00. The number of aliphatic hydroxyl groups excluding tert-OH is 2. The third-order valence-corrected chi connectivity index (χ3v) is 12.5. The molecule has 0 radical (unpaired) electrons. The Morgan fingerprint density at radius 1 is 1.02 bits per heavy atom. The van der Waals surface area contributed by atoms with Crippen molar-refractivity contribution in [1.82, 2.24) is 0 Å². The molecule has 0 heterocycles. The van der Waals surface area contributed by atoms with Gasteiger partial charge in [-0.25, -0.2) is 0 Å². The lowest BCUT2D eigenvalue weighted by Gasteiger charge is -2.67. The molecule has 5 rings (SSSR count). The Bertz CT molecular complexity index is 1140. The van der Waals surface area contributed by atoms with Crippen LogP contribution in [0.15, 0.2) is 11.1 Å². The molecule has 3 N–H and O–H groups in total. The molecule has 3 saturated carbocycles. The van der Waals surface area contributed by atoms with Gasteiger partial charge in [0, 0.05) is 30.3 Å². The Labute approximate surface area is 245 Å². The molecule has 1 spiro atoms. The van der Waals surface area contributed by atoms with E-state index < -0.39 is 51.7 Å². The van der Waals surface area contributed by atoms with Crippen molar-refractivity contribution in [3.63, 3.8) is 0 Å². The van der Waals surface area contributed by atoms with Crippen LogP contribution in [0.25, 0.3) is 0 Å². The molecule has 3 fully saturated rings. The summed E-state index contributed by atoms with van der Waals surface area (Å²) in [5, 5.41) is 31.1. The van der Waals surface area contributed by atoms with Gasteiger partial charge in [-0.1, -0.05) is 54.9 Å². The topological polar surface area (TPSA) is 129 Å². The number of hydrogen-bond donors (Lipinski definition) is 3. The Kier molecular flexibility index (Phi) is 8.61. The normalized spacial score (nSPS) is 41.9. The molecule has 0 amide bonds. The fourth-order valence-corrected chi connectivity index (χ4v) is 10.2. The highest BCUT2D eigenvalue weighted by Crippen LogP contribution is 2.78. The number of rotatable bonds is 7. The van der Waals surface area contributed by atoms with Gasteiger partial charge in [-0.05, 0) is 79.1 Å². The molecule has 0 saturated heterocycles. The summed E-state index contributed by atoms with van der Waals surface area (Å²) in [6.07, 6.45) is 3.76. The van der Waals surface area contributed by atoms with Crippen LogP contribution in [0.3, 0.4) is 0 Å². The van der Waals surface area contributed by atoms with E-state index >= 15 is 0 Å². The first-order valence-electron chi connectivity index (χ1n) is 16.1. The maximum Gasteiger partial charge on any atom is 0.306 e. The number of aliphatic hydroxyl groups is 2. The third-order valence-electron chi connectivity index (χ3n) is 12.5. The molecule has 0 aromatic rings. The van der Waals surface area contributed by atoms with E-state index in [9.17, 15) is 34.5 Å². The summed E-state index contributed by atoms with van der Waals surface area (Å²) in [6.45, 7) is 13.9. The van der Waals surface area contributed by atoms with Crippen LogP contribution in [0.4, 0.5) is 0 Å². The molecule has 41 heavy (non-hydrogen) atoms. The summed E-state index contributed by atoms with van der Waals surface area (Å²) in [4.78, 5) is 52.9. The molecular weight excluding hydrogens is 520 g/mol. The molecule has 230 valence electrons. The number of ketones is 3. The van der Waals surface area contributed by atoms with Gasteiger partial charge in [0.05, 0.1) is 23.5 Å². The smallest absolute Gasteiger partial charge is 0.306 e. The molecule has 0 aromatic heterocycles. The molecular formula is C34H52O7. The first kappa shape index (κ1) is 32.1. The standard InChI is InChI=1S/C32H46O7.C2H6/c1-6-29(3)23-12-18-15-32-25(37)14-20(21(34)13-19(33)11-17(2)28(38)39)31(32,5)16-22(35)27(26(18)32)30(23,4)10-8-7-9-24(29)36;1-2/h17-21,23,33-34H,6-16H2,1-5H3,(H,38,39);1-2H3/t17?,18-,19-,20?,21+,23?,29-,30+,31?,32+;/m1./s1. The molecule has 0 aromatic carbocycles. The van der Waals surface area contributed by atoms with Crippen molar-refractivity contribution in [1.29, 1.82) is 0 Å². The summed E-state index contributed by atoms with van der Waals surface area (Å²) < 4.78 is 0. The zero-order valence-corrected chi connectivity index (χ0v) is 26.2. The third kappa shape index (κ3) is 4.42. The maximum atomic E-state index is 14.2. The van der Waals surface area contributed by atoms with Crippen molar-refractivity contribution < 1.29 is 34.5 Å². The molecule has 7 nitrogen and oxygen atoms in total. The van der Waals surface area contributed by atoms with E-state index in [0.717, 1.165) is 43.3 Å². The number of carbonyl (C=O) groups is 4. The minimum absolute atomic E-state index is 0.0124. The highest BCUT2D eigenvalue weighted by Gasteiger charge is 2.76. The van der Waals surface area contributed by atoms with Gasteiger partial charge in [-0.15, -0.1) is 0 Å². The fourth-order valence-electron chi connectivity index (χ4n) is 10.2. The largest absolute Gasteiger partial charge is 0.481 e. The summed E-state index contributed by atoms with van der Waals surface area (Å²) in [5.41, 5.74) is -0.568. The van der Waals surface area contributed by atoms with E-state index in [1.807, 2.05) is 20.8 Å². The number of allylic oxidation sites excluding steroid dienone is 2. The van der Waals surface area contributed by atoms with Gasteiger partial charge >= 0.3 is 5.97 Å². The summed E-state index contributed by atoms with van der Waals surface area (Å²) in [7, 11) is 0. The van der Waals surface area contributed by atoms with Gasteiger partial charge in [0.2, 0.25) is 0 Å². The Balaban J connectivity index is 0.00000189.